The minimum atomic E-state index is -1.32. The zero-order valence-electron chi connectivity index (χ0n) is 9.07. The Kier molecular flexibility index (Phi) is 3.23. The second-order valence-electron chi connectivity index (χ2n) is 3.32. The molecule has 1 aromatic rings. The molecular weight excluding hydrogens is 192 g/mol. The van der Waals surface area contributed by atoms with Crippen LogP contribution in [0.25, 0.3) is 0 Å². The summed E-state index contributed by atoms with van der Waals surface area (Å²) >= 11 is 0. The van der Waals surface area contributed by atoms with Crippen molar-refractivity contribution < 1.29 is 14.6 Å². The van der Waals surface area contributed by atoms with Crippen LogP contribution in [0.4, 0.5) is 0 Å². The van der Waals surface area contributed by atoms with E-state index in [4.69, 9.17) is 15.9 Å². The fourth-order valence-corrected chi connectivity index (χ4v) is 1.17. The van der Waals surface area contributed by atoms with E-state index in [-0.39, 0.29) is 0 Å². The Balaban J connectivity index is 3.25. The van der Waals surface area contributed by atoms with E-state index in [2.05, 4.69) is 5.92 Å². The summed E-state index contributed by atoms with van der Waals surface area (Å²) < 4.78 is 10.2. The molecule has 0 saturated carbocycles. The first-order valence-electron chi connectivity index (χ1n) is 4.47. The van der Waals surface area contributed by atoms with Crippen molar-refractivity contribution >= 4 is 0 Å². The van der Waals surface area contributed by atoms with Gasteiger partial charge >= 0.3 is 0 Å². The van der Waals surface area contributed by atoms with Crippen LogP contribution in [0.5, 0.6) is 11.5 Å². The van der Waals surface area contributed by atoms with Crippen LogP contribution in [0.1, 0.15) is 12.5 Å². The third kappa shape index (κ3) is 2.42. The minimum absolute atomic E-state index is 0.571. The molecule has 0 bridgehead atoms. The lowest BCUT2D eigenvalue weighted by Gasteiger charge is -2.18. The summed E-state index contributed by atoms with van der Waals surface area (Å²) in [4.78, 5) is 0. The molecule has 0 spiro atoms. The molecule has 1 atom stereocenters. The van der Waals surface area contributed by atoms with Gasteiger partial charge in [-0.3, -0.25) is 0 Å². The molecule has 0 amide bonds. The van der Waals surface area contributed by atoms with Gasteiger partial charge in [-0.15, -0.1) is 6.42 Å². The van der Waals surface area contributed by atoms with Crippen molar-refractivity contribution in [2.24, 2.45) is 0 Å². The summed E-state index contributed by atoms with van der Waals surface area (Å²) in [7, 11) is 3.09. The lowest BCUT2D eigenvalue weighted by molar-refractivity contribution is 0.121. The highest BCUT2D eigenvalue weighted by Crippen LogP contribution is 2.29. The van der Waals surface area contributed by atoms with Gasteiger partial charge in [0, 0.05) is 11.6 Å². The van der Waals surface area contributed by atoms with Crippen molar-refractivity contribution in [1.29, 1.82) is 0 Å². The van der Waals surface area contributed by atoms with E-state index < -0.39 is 5.60 Å². The first-order chi connectivity index (χ1) is 7.03. The number of hydrogen-bond donors (Lipinski definition) is 1. The Morgan fingerprint density at radius 3 is 2.00 bits per heavy atom. The Labute approximate surface area is 89.6 Å². The molecule has 1 N–H and O–H groups in total. The molecule has 0 aliphatic rings. The third-order valence-electron chi connectivity index (χ3n) is 2.19. The van der Waals surface area contributed by atoms with Crippen molar-refractivity contribution in [2.75, 3.05) is 14.2 Å². The van der Waals surface area contributed by atoms with E-state index in [0.29, 0.717) is 17.1 Å². The predicted octanol–water partition coefficient (Wildman–Crippen LogP) is 1.54. The number of benzene rings is 1. The number of rotatable bonds is 3. The van der Waals surface area contributed by atoms with E-state index in [0.717, 1.165) is 0 Å². The van der Waals surface area contributed by atoms with Gasteiger partial charge in [0.1, 0.15) is 17.1 Å². The number of methoxy groups -OCH3 is 2. The summed E-state index contributed by atoms with van der Waals surface area (Å²) in [6.45, 7) is 1.54. The fraction of sp³-hybridized carbons (Fsp3) is 0.333. The zero-order valence-corrected chi connectivity index (χ0v) is 9.07. The minimum Gasteiger partial charge on any atom is -0.497 e. The number of terminal acetylenes is 1. The molecule has 0 saturated heterocycles. The van der Waals surface area contributed by atoms with Crippen LogP contribution in [0, 0.1) is 12.3 Å². The predicted molar refractivity (Wildman–Crippen MR) is 57.9 cm³/mol. The lowest BCUT2D eigenvalue weighted by Crippen LogP contribution is -2.18. The normalized spacial score (nSPS) is 13.8. The molecule has 0 fully saturated rings. The molecule has 1 aromatic carbocycles. The Morgan fingerprint density at radius 2 is 1.67 bits per heavy atom. The van der Waals surface area contributed by atoms with Crippen molar-refractivity contribution in [3.63, 3.8) is 0 Å². The standard InChI is InChI=1S/C12H14O3/c1-5-12(2,13)9-6-10(14-3)8-11(7-9)15-4/h1,6-8,13H,2-4H3. The maximum Gasteiger partial charge on any atom is 0.148 e. The molecule has 1 rings (SSSR count). The average molecular weight is 206 g/mol. The van der Waals surface area contributed by atoms with Crippen LogP contribution in [-0.2, 0) is 5.60 Å². The second kappa shape index (κ2) is 4.24. The topological polar surface area (TPSA) is 38.7 Å². The lowest BCUT2D eigenvalue weighted by atomic mass is 9.96. The van der Waals surface area contributed by atoms with Gasteiger partial charge in [0.15, 0.2) is 0 Å². The molecule has 0 aliphatic heterocycles. The van der Waals surface area contributed by atoms with Gasteiger partial charge in [0.2, 0.25) is 0 Å². The van der Waals surface area contributed by atoms with Gasteiger partial charge in [0.25, 0.3) is 0 Å². The maximum atomic E-state index is 9.89. The van der Waals surface area contributed by atoms with Gasteiger partial charge in [-0.1, -0.05) is 5.92 Å². The largest absolute Gasteiger partial charge is 0.497 e. The first kappa shape index (κ1) is 11.4. The van der Waals surface area contributed by atoms with Crippen molar-refractivity contribution in [3.8, 4) is 23.8 Å². The molecular formula is C12H14O3. The van der Waals surface area contributed by atoms with Crippen LogP contribution < -0.4 is 9.47 Å². The molecule has 0 aromatic heterocycles. The van der Waals surface area contributed by atoms with Gasteiger partial charge in [-0.2, -0.15) is 0 Å². The van der Waals surface area contributed by atoms with E-state index in [1.54, 1.807) is 39.3 Å². The van der Waals surface area contributed by atoms with Crippen LogP contribution in [0.3, 0.4) is 0 Å². The maximum absolute atomic E-state index is 9.89. The fourth-order valence-electron chi connectivity index (χ4n) is 1.17. The van der Waals surface area contributed by atoms with Gasteiger partial charge < -0.3 is 14.6 Å². The summed E-state index contributed by atoms with van der Waals surface area (Å²) in [5.74, 6) is 3.50. The summed E-state index contributed by atoms with van der Waals surface area (Å²) in [5, 5.41) is 9.89. The van der Waals surface area contributed by atoms with Crippen LogP contribution in [0.15, 0.2) is 18.2 Å². The SMILES string of the molecule is C#CC(C)(O)c1cc(OC)cc(OC)c1. The van der Waals surface area contributed by atoms with Crippen LogP contribution in [-0.4, -0.2) is 19.3 Å². The smallest absolute Gasteiger partial charge is 0.148 e. The van der Waals surface area contributed by atoms with E-state index >= 15 is 0 Å². The highest BCUT2D eigenvalue weighted by atomic mass is 16.5. The molecule has 15 heavy (non-hydrogen) atoms. The molecule has 0 heterocycles. The van der Waals surface area contributed by atoms with Gasteiger partial charge in [-0.05, 0) is 19.1 Å². The monoisotopic (exact) mass is 206 g/mol. The Bertz CT molecular complexity index is 366. The molecule has 80 valence electrons. The first-order valence-corrected chi connectivity index (χ1v) is 4.47. The van der Waals surface area contributed by atoms with Crippen molar-refractivity contribution in [2.45, 2.75) is 12.5 Å². The summed E-state index contributed by atoms with van der Waals surface area (Å²) in [6, 6.07) is 5.08. The Morgan fingerprint density at radius 1 is 1.20 bits per heavy atom. The van der Waals surface area contributed by atoms with Crippen LogP contribution >= 0.6 is 0 Å². The number of aliphatic hydroxyl groups is 1. The molecule has 0 radical (unpaired) electrons. The van der Waals surface area contributed by atoms with E-state index in [1.165, 1.54) is 0 Å². The summed E-state index contributed by atoms with van der Waals surface area (Å²) in [6.07, 6.45) is 5.24. The zero-order chi connectivity index (χ0) is 11.5. The third-order valence-corrected chi connectivity index (χ3v) is 2.19. The van der Waals surface area contributed by atoms with Crippen molar-refractivity contribution in [1.82, 2.24) is 0 Å². The second-order valence-corrected chi connectivity index (χ2v) is 3.32. The highest BCUT2D eigenvalue weighted by molar-refractivity contribution is 5.43. The number of hydrogen-bond acceptors (Lipinski definition) is 3. The highest BCUT2D eigenvalue weighted by Gasteiger charge is 2.21. The molecule has 0 aliphatic carbocycles. The molecule has 1 unspecified atom stereocenters. The van der Waals surface area contributed by atoms with Crippen molar-refractivity contribution in [3.05, 3.63) is 23.8 Å². The molecule has 3 heteroatoms. The van der Waals surface area contributed by atoms with Gasteiger partial charge in [0.05, 0.1) is 14.2 Å². The molecule has 3 nitrogen and oxygen atoms in total. The van der Waals surface area contributed by atoms with E-state index in [9.17, 15) is 5.11 Å². The van der Waals surface area contributed by atoms with E-state index in [1.807, 2.05) is 0 Å². The summed E-state index contributed by atoms with van der Waals surface area (Å²) in [5.41, 5.74) is -0.747. The average Bonchev–Trinajstić information content (AvgIpc) is 2.28. The Hall–Kier alpha value is -1.66. The number of ether oxygens (including phenoxy) is 2. The quantitative estimate of drug-likeness (QED) is 0.762. The van der Waals surface area contributed by atoms with Crippen LogP contribution in [0.2, 0.25) is 0 Å². The van der Waals surface area contributed by atoms with Gasteiger partial charge in [-0.25, -0.2) is 0 Å².